The van der Waals surface area contributed by atoms with Crippen molar-refractivity contribution in [1.82, 2.24) is 35.3 Å². The van der Waals surface area contributed by atoms with E-state index in [4.69, 9.17) is 9.51 Å². The van der Waals surface area contributed by atoms with E-state index in [1.165, 1.54) is 0 Å². The number of halogens is 3. The minimum absolute atomic E-state index is 0.0336. The number of aromatic nitrogens is 7. The first-order valence-corrected chi connectivity index (χ1v) is 12.0. The van der Waals surface area contributed by atoms with Crippen LogP contribution in [0.25, 0.3) is 44.7 Å². The van der Waals surface area contributed by atoms with Gasteiger partial charge in [0.1, 0.15) is 11.4 Å². The highest BCUT2D eigenvalue weighted by Gasteiger charge is 2.44. The van der Waals surface area contributed by atoms with Crippen molar-refractivity contribution in [2.75, 3.05) is 0 Å². The molecule has 1 aromatic carbocycles. The second-order valence-electron chi connectivity index (χ2n) is 9.80. The molecule has 0 unspecified atom stereocenters. The summed E-state index contributed by atoms with van der Waals surface area (Å²) in [7, 11) is 0. The Morgan fingerprint density at radius 1 is 1.00 bits per heavy atom. The van der Waals surface area contributed by atoms with Crippen molar-refractivity contribution in [2.24, 2.45) is 0 Å². The smallest absolute Gasteiger partial charge is 0.248 e. The van der Waals surface area contributed by atoms with Crippen LogP contribution in [-0.4, -0.2) is 46.9 Å². The molecule has 1 N–H and O–H groups in total. The number of alkyl halides is 3. The fourth-order valence-electron chi connectivity index (χ4n) is 5.16. The number of hydrogen-bond acceptors (Lipinski definition) is 6. The summed E-state index contributed by atoms with van der Waals surface area (Å²) in [4.78, 5) is 4.76. The van der Waals surface area contributed by atoms with Gasteiger partial charge in [0.05, 0.1) is 23.3 Å². The molecule has 1 fully saturated rings. The highest BCUT2D eigenvalue weighted by atomic mass is 19.3. The van der Waals surface area contributed by atoms with Crippen LogP contribution in [0.4, 0.5) is 13.2 Å². The monoisotopic (exact) mass is 507 g/mol. The minimum atomic E-state index is -2.81. The highest BCUT2D eigenvalue weighted by molar-refractivity contribution is 5.95. The zero-order chi connectivity index (χ0) is 25.8. The van der Waals surface area contributed by atoms with Crippen molar-refractivity contribution < 1.29 is 17.7 Å². The molecule has 0 spiro atoms. The lowest BCUT2D eigenvalue weighted by atomic mass is 9.84. The number of aromatic amines is 1. The van der Waals surface area contributed by atoms with Crippen molar-refractivity contribution >= 4 is 11.0 Å². The number of fused-ring (bicyclic) bond motifs is 1. The summed E-state index contributed by atoms with van der Waals surface area (Å²) >= 11 is 0. The zero-order valence-corrected chi connectivity index (χ0v) is 20.3. The summed E-state index contributed by atoms with van der Waals surface area (Å²) in [6.07, 6.45) is 2.33. The molecule has 0 aliphatic heterocycles. The quantitative estimate of drug-likeness (QED) is 0.310. The molecule has 1 saturated carbocycles. The van der Waals surface area contributed by atoms with Gasteiger partial charge in [0.25, 0.3) is 0 Å². The number of rotatable bonds is 5. The van der Waals surface area contributed by atoms with E-state index >= 15 is 4.39 Å². The molecule has 6 rings (SSSR count). The van der Waals surface area contributed by atoms with Gasteiger partial charge in [-0.15, -0.1) is 5.10 Å². The molecule has 11 heteroatoms. The summed E-state index contributed by atoms with van der Waals surface area (Å²) in [5.41, 5.74) is 4.54. The van der Waals surface area contributed by atoms with Crippen LogP contribution in [0.2, 0.25) is 0 Å². The van der Waals surface area contributed by atoms with E-state index < -0.39 is 24.4 Å². The Morgan fingerprint density at radius 3 is 2.38 bits per heavy atom. The molecule has 1 aliphatic carbocycles. The third-order valence-corrected chi connectivity index (χ3v) is 7.19. The van der Waals surface area contributed by atoms with Crippen LogP contribution in [0.1, 0.15) is 37.1 Å². The van der Waals surface area contributed by atoms with Crippen LogP contribution in [0.3, 0.4) is 0 Å². The molecular formula is C26H24F3N7O. The number of benzene rings is 1. The molecule has 0 bridgehead atoms. The first-order chi connectivity index (χ1) is 17.7. The van der Waals surface area contributed by atoms with Gasteiger partial charge in [0.15, 0.2) is 5.82 Å². The van der Waals surface area contributed by atoms with E-state index in [1.807, 2.05) is 50.4 Å². The largest absolute Gasteiger partial charge is 0.361 e. The topological polar surface area (TPSA) is 98.3 Å². The predicted molar refractivity (Wildman–Crippen MR) is 131 cm³/mol. The standard InChI is InChI=1S/C26H24F3N7O/c1-15-22(16(2)37-33-15)19-11-21-23(30-12-19)20(17-3-5-18(6-4-17)24-31-34-35-32-24)13-36(21)14-25(27)7-9-26(28,29)10-8-25/h3-6,11-13H,7-10,14H2,1-2H3,(H,31,32,34,35). The first kappa shape index (κ1) is 23.4. The third kappa shape index (κ3) is 4.28. The number of hydrogen-bond donors (Lipinski definition) is 1. The van der Waals surface area contributed by atoms with Crippen LogP contribution in [0, 0.1) is 13.8 Å². The maximum absolute atomic E-state index is 15.8. The normalized spacial score (nSPS) is 16.9. The van der Waals surface area contributed by atoms with Gasteiger partial charge in [0.2, 0.25) is 5.92 Å². The van der Waals surface area contributed by atoms with Crippen molar-refractivity contribution in [3.05, 3.63) is 54.2 Å². The summed E-state index contributed by atoms with van der Waals surface area (Å²) in [6, 6.07) is 9.56. The van der Waals surface area contributed by atoms with Gasteiger partial charge in [-0.2, -0.15) is 0 Å². The Morgan fingerprint density at radius 2 is 1.73 bits per heavy atom. The van der Waals surface area contributed by atoms with Crippen LogP contribution in [-0.2, 0) is 6.54 Å². The van der Waals surface area contributed by atoms with Crippen LogP contribution in [0.5, 0.6) is 0 Å². The number of tetrazole rings is 1. The van der Waals surface area contributed by atoms with Gasteiger partial charge in [-0.05, 0) is 48.7 Å². The lowest BCUT2D eigenvalue weighted by Gasteiger charge is -2.34. The summed E-state index contributed by atoms with van der Waals surface area (Å²) in [6.45, 7) is 3.65. The summed E-state index contributed by atoms with van der Waals surface area (Å²) in [5.74, 6) is -1.60. The van der Waals surface area contributed by atoms with Crippen LogP contribution < -0.4 is 0 Å². The average Bonchev–Trinajstić information content (AvgIpc) is 3.61. The van der Waals surface area contributed by atoms with Crippen LogP contribution in [0.15, 0.2) is 47.2 Å². The molecule has 5 aromatic rings. The molecule has 37 heavy (non-hydrogen) atoms. The Labute approximate surface area is 209 Å². The molecule has 0 radical (unpaired) electrons. The lowest BCUT2D eigenvalue weighted by Crippen LogP contribution is -2.38. The van der Waals surface area contributed by atoms with E-state index in [9.17, 15) is 8.78 Å². The molecule has 0 amide bonds. The number of nitrogens with one attached hydrogen (secondary N) is 1. The maximum atomic E-state index is 15.8. The summed E-state index contributed by atoms with van der Waals surface area (Å²) < 4.78 is 50.5. The third-order valence-electron chi connectivity index (χ3n) is 7.19. The maximum Gasteiger partial charge on any atom is 0.248 e. The van der Waals surface area contributed by atoms with Crippen molar-refractivity contribution in [1.29, 1.82) is 0 Å². The van der Waals surface area contributed by atoms with Crippen LogP contribution >= 0.6 is 0 Å². The first-order valence-electron chi connectivity index (χ1n) is 12.0. The fraction of sp³-hybridized carbons (Fsp3) is 0.346. The number of H-pyrrole nitrogens is 1. The number of nitrogens with zero attached hydrogens (tertiary/aromatic N) is 6. The van der Waals surface area contributed by atoms with E-state index in [1.54, 1.807) is 10.8 Å². The highest BCUT2D eigenvalue weighted by Crippen LogP contribution is 2.43. The van der Waals surface area contributed by atoms with Gasteiger partial charge in [0, 0.05) is 47.5 Å². The van der Waals surface area contributed by atoms with Gasteiger partial charge in [-0.1, -0.05) is 29.4 Å². The molecule has 4 aromatic heterocycles. The second kappa shape index (κ2) is 8.53. The SMILES string of the molecule is Cc1noc(C)c1-c1cnc2c(-c3ccc(-c4nnn[nH]4)cc3)cn(CC3(F)CCC(F)(F)CC3)c2c1. The van der Waals surface area contributed by atoms with E-state index in [-0.39, 0.29) is 19.4 Å². The fourth-order valence-corrected chi connectivity index (χ4v) is 5.16. The molecule has 1 aliphatic rings. The Kier molecular flexibility index (Phi) is 5.39. The molecule has 8 nitrogen and oxygen atoms in total. The number of aryl methyl sites for hydroxylation is 2. The summed E-state index contributed by atoms with van der Waals surface area (Å²) in [5, 5.41) is 17.9. The molecule has 4 heterocycles. The van der Waals surface area contributed by atoms with Crippen molar-refractivity contribution in [2.45, 2.75) is 57.7 Å². The van der Waals surface area contributed by atoms with E-state index in [0.717, 1.165) is 33.5 Å². The van der Waals surface area contributed by atoms with Crippen molar-refractivity contribution in [3.63, 3.8) is 0 Å². The van der Waals surface area contributed by atoms with E-state index in [2.05, 4.69) is 25.8 Å². The zero-order valence-electron chi connectivity index (χ0n) is 20.3. The molecular weight excluding hydrogens is 483 g/mol. The Balaban J connectivity index is 1.44. The Bertz CT molecular complexity index is 1540. The second-order valence-corrected chi connectivity index (χ2v) is 9.80. The van der Waals surface area contributed by atoms with Gasteiger partial charge in [-0.25, -0.2) is 18.3 Å². The van der Waals surface area contributed by atoms with Gasteiger partial charge >= 0.3 is 0 Å². The molecule has 0 saturated heterocycles. The van der Waals surface area contributed by atoms with Crippen molar-refractivity contribution in [3.8, 4) is 33.6 Å². The van der Waals surface area contributed by atoms with E-state index in [0.29, 0.717) is 22.6 Å². The minimum Gasteiger partial charge on any atom is -0.361 e. The van der Waals surface area contributed by atoms with Gasteiger partial charge < -0.3 is 9.09 Å². The Hall–Kier alpha value is -4.02. The lowest BCUT2D eigenvalue weighted by molar-refractivity contribution is -0.0791. The average molecular weight is 508 g/mol. The predicted octanol–water partition coefficient (Wildman–Crippen LogP) is 6.07. The number of pyridine rings is 1. The van der Waals surface area contributed by atoms with Gasteiger partial charge in [-0.3, -0.25) is 4.98 Å². The molecule has 0 atom stereocenters. The molecule has 190 valence electrons.